The summed E-state index contributed by atoms with van der Waals surface area (Å²) in [5, 5.41) is 26.3. The Labute approximate surface area is 263 Å². The quantitative estimate of drug-likeness (QED) is 0.0494. The van der Waals surface area contributed by atoms with Gasteiger partial charge in [-0.15, -0.1) is 0 Å². The Hall–Kier alpha value is -2.95. The number of likely N-dealkylation sites (N-methyl/N-ethyl adjacent to an activating group) is 1. The fourth-order valence-electron chi connectivity index (χ4n) is 5.19. The predicted octanol–water partition coefficient (Wildman–Crippen LogP) is 4.98. The average Bonchev–Trinajstić information content (AvgIpc) is 2.99. The minimum absolute atomic E-state index is 0.0230. The Morgan fingerprint density at radius 3 is 1.91 bits per heavy atom. The Morgan fingerprint density at radius 1 is 0.727 bits per heavy atom. The van der Waals surface area contributed by atoms with Crippen LogP contribution in [0.4, 0.5) is 5.69 Å². The van der Waals surface area contributed by atoms with Crippen LogP contribution in [0.2, 0.25) is 0 Å². The van der Waals surface area contributed by atoms with Crippen LogP contribution >= 0.6 is 0 Å². The lowest BCUT2D eigenvalue weighted by Crippen LogP contribution is -2.36. The molecule has 10 heteroatoms. The van der Waals surface area contributed by atoms with Crippen molar-refractivity contribution in [2.24, 2.45) is 0 Å². The summed E-state index contributed by atoms with van der Waals surface area (Å²) in [6, 6.07) is 4.17. The van der Waals surface area contributed by atoms with E-state index in [9.17, 15) is 19.5 Å². The van der Waals surface area contributed by atoms with E-state index in [4.69, 9.17) is 4.42 Å². The van der Waals surface area contributed by atoms with Gasteiger partial charge in [-0.05, 0) is 25.1 Å². The van der Waals surface area contributed by atoms with Gasteiger partial charge in [0.25, 0.3) is 0 Å². The first-order valence-corrected chi connectivity index (χ1v) is 16.9. The van der Waals surface area contributed by atoms with Crippen LogP contribution in [0.25, 0.3) is 11.0 Å². The molecule has 0 fully saturated rings. The number of benzene rings is 1. The second-order valence-electron chi connectivity index (χ2n) is 11.6. The maximum absolute atomic E-state index is 12.6. The lowest BCUT2D eigenvalue weighted by Gasteiger charge is -2.11. The molecule has 248 valence electrons. The molecule has 0 bridgehead atoms. The van der Waals surface area contributed by atoms with Crippen LogP contribution in [0, 0.1) is 0 Å². The topological polar surface area (TPSA) is 145 Å². The average molecular weight is 616 g/mol. The van der Waals surface area contributed by atoms with Gasteiger partial charge in [0.1, 0.15) is 11.3 Å². The van der Waals surface area contributed by atoms with Gasteiger partial charge in [-0.25, -0.2) is 4.79 Å². The molecule has 0 saturated carbocycles. The SMILES string of the molecule is CCCCCCCCCCCCCCCC(=O)Nc1cc2c(CC(=O)NCCNCCNCCNC)cc(=O)oc2cc1O. The molecule has 6 N–H and O–H groups in total. The van der Waals surface area contributed by atoms with Gasteiger partial charge in [-0.2, -0.15) is 0 Å². The van der Waals surface area contributed by atoms with E-state index >= 15 is 0 Å². The van der Waals surface area contributed by atoms with Crippen molar-refractivity contribution in [1.29, 1.82) is 0 Å². The number of aromatic hydroxyl groups is 1. The molecule has 0 unspecified atom stereocenters. The molecular formula is C34H57N5O5. The largest absolute Gasteiger partial charge is 0.506 e. The second kappa shape index (κ2) is 23.4. The smallest absolute Gasteiger partial charge is 0.336 e. The van der Waals surface area contributed by atoms with Crippen molar-refractivity contribution in [2.75, 3.05) is 51.6 Å². The maximum atomic E-state index is 12.6. The zero-order chi connectivity index (χ0) is 31.8. The van der Waals surface area contributed by atoms with E-state index in [1.165, 1.54) is 76.3 Å². The highest BCUT2D eigenvalue weighted by Crippen LogP contribution is 2.31. The Morgan fingerprint density at radius 2 is 1.30 bits per heavy atom. The van der Waals surface area contributed by atoms with Crippen LogP contribution in [-0.2, 0) is 16.0 Å². The number of phenols is 1. The van der Waals surface area contributed by atoms with Crippen molar-refractivity contribution in [1.82, 2.24) is 21.3 Å². The number of amides is 2. The summed E-state index contributed by atoms with van der Waals surface area (Å²) in [5.41, 5.74) is 0.272. The van der Waals surface area contributed by atoms with E-state index in [-0.39, 0.29) is 35.3 Å². The number of fused-ring (bicyclic) bond motifs is 1. The molecule has 10 nitrogen and oxygen atoms in total. The molecule has 2 aromatic rings. The number of hydrogen-bond donors (Lipinski definition) is 6. The summed E-state index contributed by atoms with van der Waals surface area (Å²) in [6.07, 6.45) is 16.5. The van der Waals surface area contributed by atoms with Crippen LogP contribution in [0.1, 0.15) is 102 Å². The lowest BCUT2D eigenvalue weighted by molar-refractivity contribution is -0.120. The molecular weight excluding hydrogens is 558 g/mol. The zero-order valence-electron chi connectivity index (χ0n) is 27.2. The van der Waals surface area contributed by atoms with Crippen LogP contribution in [0.15, 0.2) is 27.4 Å². The number of carbonyl (C=O) groups excluding carboxylic acids is 2. The van der Waals surface area contributed by atoms with E-state index in [0.29, 0.717) is 30.5 Å². The van der Waals surface area contributed by atoms with Gasteiger partial charge in [0.2, 0.25) is 11.8 Å². The number of unbranched alkanes of at least 4 members (excludes halogenated alkanes) is 12. The Balaban J connectivity index is 1.72. The minimum Gasteiger partial charge on any atom is -0.506 e. The van der Waals surface area contributed by atoms with Crippen LogP contribution in [0.5, 0.6) is 5.75 Å². The molecule has 1 aromatic carbocycles. The molecule has 0 aliphatic heterocycles. The van der Waals surface area contributed by atoms with Gasteiger partial charge in [-0.3, -0.25) is 9.59 Å². The van der Waals surface area contributed by atoms with Crippen molar-refractivity contribution >= 4 is 28.5 Å². The van der Waals surface area contributed by atoms with E-state index in [2.05, 4.69) is 33.5 Å². The highest BCUT2D eigenvalue weighted by molar-refractivity contribution is 5.97. The standard InChI is InChI=1S/C34H57N5O5/c1-3-4-5-6-7-8-9-10-11-12-13-14-15-16-32(41)39-29-25-28-27(24-34(43)44-31(28)26-30(29)40)23-33(42)38-22-21-37-20-19-36-18-17-35-2/h24-26,35-37,40H,3-23H2,1-2H3,(H,38,42)(H,39,41). The summed E-state index contributed by atoms with van der Waals surface area (Å²) < 4.78 is 5.26. The van der Waals surface area contributed by atoms with E-state index < -0.39 is 5.63 Å². The fourth-order valence-corrected chi connectivity index (χ4v) is 5.19. The van der Waals surface area contributed by atoms with E-state index in [1.54, 1.807) is 6.07 Å². The van der Waals surface area contributed by atoms with Crippen LogP contribution in [-0.4, -0.2) is 63.2 Å². The van der Waals surface area contributed by atoms with Gasteiger partial charge in [0, 0.05) is 63.2 Å². The monoisotopic (exact) mass is 615 g/mol. The summed E-state index contributed by atoms with van der Waals surface area (Å²) in [4.78, 5) is 37.3. The maximum Gasteiger partial charge on any atom is 0.336 e. The zero-order valence-corrected chi connectivity index (χ0v) is 27.2. The molecule has 0 aliphatic rings. The summed E-state index contributed by atoms with van der Waals surface area (Å²) in [7, 11) is 1.91. The third-order valence-electron chi connectivity index (χ3n) is 7.73. The first-order valence-electron chi connectivity index (χ1n) is 16.9. The third kappa shape index (κ3) is 16.2. The highest BCUT2D eigenvalue weighted by atomic mass is 16.4. The number of phenolic OH excluding ortho intramolecular Hbond substituents is 1. The van der Waals surface area contributed by atoms with Crippen molar-refractivity contribution in [2.45, 2.75) is 103 Å². The number of carbonyl (C=O) groups is 2. The Kier molecular flexibility index (Phi) is 19.8. The normalized spacial score (nSPS) is 11.2. The van der Waals surface area contributed by atoms with Crippen LogP contribution in [0.3, 0.4) is 0 Å². The summed E-state index contributed by atoms with van der Waals surface area (Å²) >= 11 is 0. The third-order valence-corrected chi connectivity index (χ3v) is 7.73. The molecule has 0 radical (unpaired) electrons. The molecule has 2 rings (SSSR count). The van der Waals surface area contributed by atoms with E-state index in [1.807, 2.05) is 7.05 Å². The van der Waals surface area contributed by atoms with Gasteiger partial charge in [0.15, 0.2) is 0 Å². The van der Waals surface area contributed by atoms with Crippen molar-refractivity contribution < 1.29 is 19.1 Å². The molecule has 0 aliphatic carbocycles. The van der Waals surface area contributed by atoms with Crippen LogP contribution < -0.4 is 32.2 Å². The second-order valence-corrected chi connectivity index (χ2v) is 11.6. The molecule has 0 saturated heterocycles. The lowest BCUT2D eigenvalue weighted by atomic mass is 10.0. The van der Waals surface area contributed by atoms with Gasteiger partial charge in [0.05, 0.1) is 12.1 Å². The number of rotatable bonds is 26. The summed E-state index contributed by atoms with van der Waals surface area (Å²) in [6.45, 7) is 6.77. The first kappa shape index (κ1) is 37.2. The molecule has 2 amide bonds. The van der Waals surface area contributed by atoms with E-state index in [0.717, 1.165) is 45.4 Å². The number of nitrogens with one attached hydrogen (secondary N) is 5. The van der Waals surface area contributed by atoms with Crippen molar-refractivity contribution in [3.63, 3.8) is 0 Å². The molecule has 0 spiro atoms. The molecule has 1 heterocycles. The Bertz CT molecular complexity index is 1150. The summed E-state index contributed by atoms with van der Waals surface area (Å²) in [5.74, 6) is -0.594. The number of anilines is 1. The molecule has 44 heavy (non-hydrogen) atoms. The number of hydrogen-bond acceptors (Lipinski definition) is 8. The van der Waals surface area contributed by atoms with Gasteiger partial charge in [-0.1, -0.05) is 84.0 Å². The first-order chi connectivity index (χ1) is 21.4. The van der Waals surface area contributed by atoms with Crippen molar-refractivity contribution in [3.8, 4) is 5.75 Å². The predicted molar refractivity (Wildman–Crippen MR) is 179 cm³/mol. The van der Waals surface area contributed by atoms with Gasteiger partial charge >= 0.3 is 5.63 Å². The highest BCUT2D eigenvalue weighted by Gasteiger charge is 2.15. The minimum atomic E-state index is -0.605. The fraction of sp³-hybridized carbons (Fsp3) is 0.676. The molecule has 1 aromatic heterocycles. The van der Waals surface area contributed by atoms with Crippen molar-refractivity contribution in [3.05, 3.63) is 34.2 Å². The molecule has 0 atom stereocenters. The van der Waals surface area contributed by atoms with Gasteiger partial charge < -0.3 is 36.1 Å².